The van der Waals surface area contributed by atoms with Gasteiger partial charge in [0.1, 0.15) is 5.56 Å². The highest BCUT2D eigenvalue weighted by atomic mass is 16.6. The topological polar surface area (TPSA) is 80.5 Å². The van der Waals surface area contributed by atoms with Crippen LogP contribution < -0.4 is 0 Å². The zero-order valence-corrected chi connectivity index (χ0v) is 9.83. The van der Waals surface area contributed by atoms with Gasteiger partial charge in [-0.3, -0.25) is 24.6 Å². The molecule has 6 nitrogen and oxygen atoms in total. The molecule has 0 aromatic heterocycles. The molecule has 1 fully saturated rings. The summed E-state index contributed by atoms with van der Waals surface area (Å²) in [7, 11) is 0. The van der Waals surface area contributed by atoms with Crippen molar-refractivity contribution in [3.63, 3.8) is 0 Å². The fourth-order valence-corrected chi connectivity index (χ4v) is 1.98. The molecule has 0 radical (unpaired) electrons. The summed E-state index contributed by atoms with van der Waals surface area (Å²) < 4.78 is 0. The van der Waals surface area contributed by atoms with Crippen LogP contribution in [0, 0.1) is 16.0 Å². The highest BCUT2D eigenvalue weighted by molar-refractivity contribution is 6.08. The molecule has 0 spiro atoms. The first-order valence-corrected chi connectivity index (χ1v) is 5.61. The molecule has 18 heavy (non-hydrogen) atoms. The van der Waals surface area contributed by atoms with Crippen molar-refractivity contribution in [1.82, 2.24) is 4.90 Å². The van der Waals surface area contributed by atoms with E-state index >= 15 is 0 Å². The van der Waals surface area contributed by atoms with Gasteiger partial charge in [-0.1, -0.05) is 19.1 Å². The summed E-state index contributed by atoms with van der Waals surface area (Å²) in [6.45, 7) is 2.07. The molecule has 1 aliphatic heterocycles. The van der Waals surface area contributed by atoms with E-state index < -0.39 is 10.8 Å². The Morgan fingerprint density at radius 1 is 1.44 bits per heavy atom. The Bertz CT molecular complexity index is 527. The van der Waals surface area contributed by atoms with Crippen LogP contribution in [0.5, 0.6) is 0 Å². The molecule has 0 aliphatic carbocycles. The number of hydrogen-bond acceptors (Lipinski definition) is 4. The lowest BCUT2D eigenvalue weighted by molar-refractivity contribution is -0.385. The lowest BCUT2D eigenvalue weighted by Gasteiger charge is -2.13. The Kier molecular flexibility index (Phi) is 3.10. The SMILES string of the molecule is CC1CCN(C(=O)c2ccccc2[N+](=O)[O-])C1=O. The van der Waals surface area contributed by atoms with Gasteiger partial charge < -0.3 is 0 Å². The van der Waals surface area contributed by atoms with E-state index in [0.717, 1.165) is 4.90 Å². The summed E-state index contributed by atoms with van der Waals surface area (Å²) in [6.07, 6.45) is 0.602. The summed E-state index contributed by atoms with van der Waals surface area (Å²) in [4.78, 5) is 35.2. The molecule has 0 bridgehead atoms. The molecule has 1 unspecified atom stereocenters. The van der Waals surface area contributed by atoms with E-state index in [0.29, 0.717) is 13.0 Å². The Morgan fingerprint density at radius 3 is 2.67 bits per heavy atom. The van der Waals surface area contributed by atoms with Crippen molar-refractivity contribution < 1.29 is 14.5 Å². The number of imide groups is 1. The van der Waals surface area contributed by atoms with Crippen LogP contribution in [0.25, 0.3) is 0 Å². The highest BCUT2D eigenvalue weighted by Crippen LogP contribution is 2.24. The average Bonchev–Trinajstić information content (AvgIpc) is 2.69. The first kappa shape index (κ1) is 12.2. The van der Waals surface area contributed by atoms with E-state index in [-0.39, 0.29) is 23.1 Å². The molecule has 1 saturated heterocycles. The maximum atomic E-state index is 12.1. The Morgan fingerprint density at radius 2 is 2.11 bits per heavy atom. The number of benzene rings is 1. The van der Waals surface area contributed by atoms with Gasteiger partial charge in [0.25, 0.3) is 11.6 Å². The van der Waals surface area contributed by atoms with Crippen molar-refractivity contribution in [1.29, 1.82) is 0 Å². The average molecular weight is 248 g/mol. The summed E-state index contributed by atoms with van der Waals surface area (Å²) in [6, 6.07) is 5.67. The Hall–Kier alpha value is -2.24. The van der Waals surface area contributed by atoms with Gasteiger partial charge >= 0.3 is 0 Å². The van der Waals surface area contributed by atoms with Gasteiger partial charge in [0.2, 0.25) is 5.91 Å². The molecule has 94 valence electrons. The van der Waals surface area contributed by atoms with Crippen molar-refractivity contribution in [2.24, 2.45) is 5.92 Å². The number of hydrogen-bond donors (Lipinski definition) is 0. The monoisotopic (exact) mass is 248 g/mol. The van der Waals surface area contributed by atoms with Crippen LogP contribution in [-0.4, -0.2) is 28.2 Å². The van der Waals surface area contributed by atoms with E-state index in [2.05, 4.69) is 0 Å². The predicted molar refractivity (Wildman–Crippen MR) is 62.9 cm³/mol. The third kappa shape index (κ3) is 1.97. The van der Waals surface area contributed by atoms with E-state index in [9.17, 15) is 19.7 Å². The normalized spacial score (nSPS) is 19.1. The maximum absolute atomic E-state index is 12.1. The smallest absolute Gasteiger partial charge is 0.278 e. The molecule has 1 heterocycles. The van der Waals surface area contributed by atoms with Crippen molar-refractivity contribution in [2.75, 3.05) is 6.54 Å². The molecular formula is C12H12N2O4. The van der Waals surface area contributed by atoms with Crippen LogP contribution in [0.2, 0.25) is 0 Å². The minimum absolute atomic E-state index is 0.0371. The Labute approximate surface area is 103 Å². The fraction of sp³-hybridized carbons (Fsp3) is 0.333. The molecule has 2 amide bonds. The van der Waals surface area contributed by atoms with Crippen molar-refractivity contribution in [3.8, 4) is 0 Å². The molecule has 2 rings (SSSR count). The van der Waals surface area contributed by atoms with Crippen molar-refractivity contribution >= 4 is 17.5 Å². The second-order valence-corrected chi connectivity index (χ2v) is 4.26. The van der Waals surface area contributed by atoms with Crippen LogP contribution in [0.4, 0.5) is 5.69 Å². The lowest BCUT2D eigenvalue weighted by Crippen LogP contribution is -2.33. The zero-order valence-electron chi connectivity index (χ0n) is 9.83. The van der Waals surface area contributed by atoms with Crippen LogP contribution in [0.3, 0.4) is 0 Å². The molecule has 1 aliphatic rings. The summed E-state index contributed by atoms with van der Waals surface area (Å²) >= 11 is 0. The van der Waals surface area contributed by atoms with Gasteiger partial charge in [0.15, 0.2) is 0 Å². The number of para-hydroxylation sites is 1. The maximum Gasteiger partial charge on any atom is 0.282 e. The van der Waals surface area contributed by atoms with Gasteiger partial charge in [-0.2, -0.15) is 0 Å². The third-order valence-corrected chi connectivity index (χ3v) is 3.05. The second kappa shape index (κ2) is 4.56. The number of nitro benzene ring substituents is 1. The van der Waals surface area contributed by atoms with Gasteiger partial charge in [-0.05, 0) is 12.5 Å². The number of amides is 2. The predicted octanol–water partition coefficient (Wildman–Crippen LogP) is 1.60. The number of rotatable bonds is 2. The minimum atomic E-state index is -0.614. The van der Waals surface area contributed by atoms with Crippen LogP contribution in [0.1, 0.15) is 23.7 Å². The summed E-state index contributed by atoms with van der Waals surface area (Å²) in [5.41, 5.74) is -0.306. The number of nitro groups is 1. The van der Waals surface area contributed by atoms with Gasteiger partial charge in [0, 0.05) is 18.5 Å². The van der Waals surface area contributed by atoms with E-state index in [1.54, 1.807) is 13.0 Å². The number of nitrogens with zero attached hydrogens (tertiary/aromatic N) is 2. The minimum Gasteiger partial charge on any atom is -0.278 e. The number of carbonyl (C=O) groups excluding carboxylic acids is 2. The van der Waals surface area contributed by atoms with Crippen molar-refractivity contribution in [2.45, 2.75) is 13.3 Å². The quantitative estimate of drug-likeness (QED) is 0.452. The molecule has 1 aromatic carbocycles. The fourth-order valence-electron chi connectivity index (χ4n) is 1.98. The molecular weight excluding hydrogens is 236 g/mol. The number of likely N-dealkylation sites (tertiary alicyclic amines) is 1. The van der Waals surface area contributed by atoms with E-state index in [4.69, 9.17) is 0 Å². The molecule has 0 saturated carbocycles. The molecule has 1 aromatic rings. The van der Waals surface area contributed by atoms with Crippen LogP contribution >= 0.6 is 0 Å². The third-order valence-electron chi connectivity index (χ3n) is 3.05. The lowest BCUT2D eigenvalue weighted by atomic mass is 10.1. The number of carbonyl (C=O) groups is 2. The summed E-state index contributed by atoms with van der Waals surface area (Å²) in [5.74, 6) is -1.05. The summed E-state index contributed by atoms with van der Waals surface area (Å²) in [5, 5.41) is 10.8. The van der Waals surface area contributed by atoms with Gasteiger partial charge in [-0.15, -0.1) is 0 Å². The van der Waals surface area contributed by atoms with Crippen molar-refractivity contribution in [3.05, 3.63) is 39.9 Å². The second-order valence-electron chi connectivity index (χ2n) is 4.26. The largest absolute Gasteiger partial charge is 0.282 e. The standard InChI is InChI=1S/C12H12N2O4/c1-8-6-7-13(11(8)15)12(16)9-4-2-3-5-10(9)14(17)18/h2-5,8H,6-7H2,1H3. The van der Waals surface area contributed by atoms with Gasteiger partial charge in [0.05, 0.1) is 4.92 Å². The first-order valence-electron chi connectivity index (χ1n) is 5.61. The zero-order chi connectivity index (χ0) is 13.3. The van der Waals surface area contributed by atoms with E-state index in [1.165, 1.54) is 18.2 Å². The molecule has 1 atom stereocenters. The Balaban J connectivity index is 2.35. The van der Waals surface area contributed by atoms with Gasteiger partial charge in [-0.25, -0.2) is 0 Å². The van der Waals surface area contributed by atoms with Crippen LogP contribution in [0.15, 0.2) is 24.3 Å². The molecule has 6 heteroatoms. The molecule has 0 N–H and O–H groups in total. The highest BCUT2D eigenvalue weighted by Gasteiger charge is 2.35. The first-order chi connectivity index (χ1) is 8.52. The van der Waals surface area contributed by atoms with Crippen LogP contribution in [-0.2, 0) is 4.79 Å². The van der Waals surface area contributed by atoms with E-state index in [1.807, 2.05) is 0 Å².